The molecule has 0 aliphatic carbocycles. The van der Waals surface area contributed by atoms with Gasteiger partial charge in [0.05, 0.1) is 12.3 Å². The Bertz CT molecular complexity index is 326. The first kappa shape index (κ1) is 12.7. The van der Waals surface area contributed by atoms with Crippen LogP contribution in [0.2, 0.25) is 0 Å². The number of likely N-dealkylation sites (N-methyl/N-ethyl adjacent to an activating group) is 1. The van der Waals surface area contributed by atoms with Crippen LogP contribution in [0, 0.1) is 0 Å². The Balaban J connectivity index is 2.16. The summed E-state index contributed by atoms with van der Waals surface area (Å²) in [5.41, 5.74) is 0.0903. The SMILES string of the molecule is CNC(c1ccco1)C(C)(C)N1CCCCC1. The second-order valence-electron chi connectivity index (χ2n) is 5.44. The van der Waals surface area contributed by atoms with Crippen LogP contribution in [0.3, 0.4) is 0 Å². The molecule has 1 N–H and O–H groups in total. The number of likely N-dealkylation sites (tertiary alicyclic amines) is 1. The van der Waals surface area contributed by atoms with Gasteiger partial charge in [0.25, 0.3) is 0 Å². The van der Waals surface area contributed by atoms with Gasteiger partial charge in [-0.2, -0.15) is 0 Å². The topological polar surface area (TPSA) is 28.4 Å². The second kappa shape index (κ2) is 5.23. The predicted molar refractivity (Wildman–Crippen MR) is 70.0 cm³/mol. The van der Waals surface area contributed by atoms with E-state index in [0.29, 0.717) is 0 Å². The van der Waals surface area contributed by atoms with Crippen molar-refractivity contribution in [1.82, 2.24) is 10.2 Å². The van der Waals surface area contributed by atoms with Crippen molar-refractivity contribution in [2.24, 2.45) is 0 Å². The van der Waals surface area contributed by atoms with Crippen molar-refractivity contribution in [3.05, 3.63) is 24.2 Å². The van der Waals surface area contributed by atoms with E-state index < -0.39 is 0 Å². The number of nitrogens with zero attached hydrogens (tertiary/aromatic N) is 1. The molecule has 1 fully saturated rings. The van der Waals surface area contributed by atoms with E-state index in [9.17, 15) is 0 Å². The van der Waals surface area contributed by atoms with Crippen LogP contribution in [0.1, 0.15) is 44.9 Å². The molecule has 96 valence electrons. The largest absolute Gasteiger partial charge is 0.468 e. The Kier molecular flexibility index (Phi) is 3.89. The Morgan fingerprint density at radius 2 is 2.00 bits per heavy atom. The normalized spacial score (nSPS) is 20.4. The molecule has 1 aliphatic heterocycles. The van der Waals surface area contributed by atoms with E-state index in [1.807, 2.05) is 13.1 Å². The van der Waals surface area contributed by atoms with Crippen LogP contribution in [-0.2, 0) is 0 Å². The average Bonchev–Trinajstić information content (AvgIpc) is 2.84. The van der Waals surface area contributed by atoms with Gasteiger partial charge in [0.15, 0.2) is 0 Å². The van der Waals surface area contributed by atoms with Crippen molar-refractivity contribution >= 4 is 0 Å². The highest BCUT2D eigenvalue weighted by atomic mass is 16.3. The molecule has 0 spiro atoms. The fraction of sp³-hybridized carbons (Fsp3) is 0.714. The highest BCUT2D eigenvalue weighted by Crippen LogP contribution is 2.32. The lowest BCUT2D eigenvalue weighted by atomic mass is 9.88. The maximum absolute atomic E-state index is 5.57. The van der Waals surface area contributed by atoms with Gasteiger partial charge in [-0.05, 0) is 59.0 Å². The molecule has 2 heterocycles. The first-order valence-electron chi connectivity index (χ1n) is 6.62. The summed E-state index contributed by atoms with van der Waals surface area (Å²) in [7, 11) is 2.01. The Labute approximate surface area is 104 Å². The van der Waals surface area contributed by atoms with E-state index in [0.717, 1.165) is 5.76 Å². The lowest BCUT2D eigenvalue weighted by Gasteiger charge is -2.45. The van der Waals surface area contributed by atoms with Gasteiger partial charge in [-0.3, -0.25) is 4.90 Å². The van der Waals surface area contributed by atoms with E-state index in [2.05, 4.69) is 30.1 Å². The maximum atomic E-state index is 5.57. The molecule has 0 amide bonds. The van der Waals surface area contributed by atoms with Crippen LogP contribution in [0.15, 0.2) is 22.8 Å². The molecule has 17 heavy (non-hydrogen) atoms. The molecule has 0 aromatic carbocycles. The van der Waals surface area contributed by atoms with Gasteiger partial charge in [-0.15, -0.1) is 0 Å². The van der Waals surface area contributed by atoms with Crippen LogP contribution < -0.4 is 5.32 Å². The van der Waals surface area contributed by atoms with Crippen LogP contribution in [-0.4, -0.2) is 30.6 Å². The molecule has 1 unspecified atom stereocenters. The third-order valence-corrected chi connectivity index (χ3v) is 3.99. The summed E-state index contributed by atoms with van der Waals surface area (Å²) in [4.78, 5) is 2.58. The molecule has 1 aromatic heterocycles. The monoisotopic (exact) mass is 236 g/mol. The summed E-state index contributed by atoms with van der Waals surface area (Å²) >= 11 is 0. The zero-order valence-corrected chi connectivity index (χ0v) is 11.2. The van der Waals surface area contributed by atoms with Gasteiger partial charge in [0.1, 0.15) is 5.76 Å². The number of rotatable bonds is 4. The Hall–Kier alpha value is -0.800. The molecule has 2 rings (SSSR count). The number of nitrogens with one attached hydrogen (secondary N) is 1. The maximum Gasteiger partial charge on any atom is 0.122 e. The summed E-state index contributed by atoms with van der Waals surface area (Å²) in [5, 5.41) is 3.41. The van der Waals surface area contributed by atoms with E-state index >= 15 is 0 Å². The zero-order valence-electron chi connectivity index (χ0n) is 11.2. The van der Waals surface area contributed by atoms with E-state index in [4.69, 9.17) is 4.42 Å². The third kappa shape index (κ3) is 2.55. The van der Waals surface area contributed by atoms with Gasteiger partial charge in [-0.1, -0.05) is 6.42 Å². The number of hydrogen-bond acceptors (Lipinski definition) is 3. The van der Waals surface area contributed by atoms with Crippen LogP contribution in [0.25, 0.3) is 0 Å². The van der Waals surface area contributed by atoms with Crippen molar-refractivity contribution in [3.63, 3.8) is 0 Å². The van der Waals surface area contributed by atoms with E-state index in [1.165, 1.54) is 32.4 Å². The standard InChI is InChI=1S/C14H24N2O/c1-14(2,16-9-5-4-6-10-16)13(15-3)12-8-7-11-17-12/h7-8,11,13,15H,4-6,9-10H2,1-3H3. The van der Waals surface area contributed by atoms with Gasteiger partial charge >= 0.3 is 0 Å². The quantitative estimate of drug-likeness (QED) is 0.871. The molecule has 1 atom stereocenters. The first-order valence-corrected chi connectivity index (χ1v) is 6.62. The average molecular weight is 236 g/mol. The summed E-state index contributed by atoms with van der Waals surface area (Å²) in [5.74, 6) is 1.03. The number of piperidine rings is 1. The van der Waals surface area contributed by atoms with Gasteiger partial charge in [-0.25, -0.2) is 0 Å². The number of furan rings is 1. The lowest BCUT2D eigenvalue weighted by molar-refractivity contribution is 0.0563. The Morgan fingerprint density at radius 3 is 2.53 bits per heavy atom. The summed E-state index contributed by atoms with van der Waals surface area (Å²) < 4.78 is 5.57. The minimum atomic E-state index is 0.0903. The molecule has 1 saturated heterocycles. The van der Waals surface area contributed by atoms with E-state index in [-0.39, 0.29) is 11.6 Å². The highest BCUT2D eigenvalue weighted by molar-refractivity contribution is 5.11. The Morgan fingerprint density at radius 1 is 1.29 bits per heavy atom. The summed E-state index contributed by atoms with van der Waals surface area (Å²) in [6, 6.07) is 4.27. The smallest absolute Gasteiger partial charge is 0.122 e. The van der Waals surface area contributed by atoms with Crippen molar-refractivity contribution in [2.45, 2.75) is 44.7 Å². The van der Waals surface area contributed by atoms with Crippen molar-refractivity contribution in [3.8, 4) is 0 Å². The van der Waals surface area contributed by atoms with Crippen LogP contribution >= 0.6 is 0 Å². The minimum Gasteiger partial charge on any atom is -0.468 e. The first-order chi connectivity index (χ1) is 8.16. The third-order valence-electron chi connectivity index (χ3n) is 3.99. The number of hydrogen-bond donors (Lipinski definition) is 1. The van der Waals surface area contributed by atoms with Gasteiger partial charge in [0, 0.05) is 5.54 Å². The molecule has 0 bridgehead atoms. The second-order valence-corrected chi connectivity index (χ2v) is 5.44. The minimum absolute atomic E-state index is 0.0903. The van der Waals surface area contributed by atoms with Crippen molar-refractivity contribution < 1.29 is 4.42 Å². The molecular formula is C14H24N2O. The van der Waals surface area contributed by atoms with Gasteiger partial charge < -0.3 is 9.73 Å². The highest BCUT2D eigenvalue weighted by Gasteiger charge is 2.37. The molecule has 1 aliphatic rings. The molecule has 3 nitrogen and oxygen atoms in total. The van der Waals surface area contributed by atoms with Gasteiger partial charge in [0.2, 0.25) is 0 Å². The fourth-order valence-electron chi connectivity index (χ4n) is 2.95. The van der Waals surface area contributed by atoms with Crippen LogP contribution in [0.5, 0.6) is 0 Å². The zero-order chi connectivity index (χ0) is 12.3. The lowest BCUT2D eigenvalue weighted by Crippen LogP contribution is -2.53. The molecular weight excluding hydrogens is 212 g/mol. The summed E-state index contributed by atoms with van der Waals surface area (Å²) in [6.07, 6.45) is 5.76. The van der Waals surface area contributed by atoms with E-state index in [1.54, 1.807) is 6.26 Å². The fourth-order valence-corrected chi connectivity index (χ4v) is 2.95. The van der Waals surface area contributed by atoms with Crippen molar-refractivity contribution in [2.75, 3.05) is 20.1 Å². The molecule has 1 aromatic rings. The molecule has 0 radical (unpaired) electrons. The van der Waals surface area contributed by atoms with Crippen LogP contribution in [0.4, 0.5) is 0 Å². The summed E-state index contributed by atoms with van der Waals surface area (Å²) in [6.45, 7) is 7.02. The molecule has 0 saturated carbocycles. The predicted octanol–water partition coefficient (Wildman–Crippen LogP) is 2.80. The molecule has 3 heteroatoms. The van der Waals surface area contributed by atoms with Crippen molar-refractivity contribution in [1.29, 1.82) is 0 Å².